The molecule has 0 unspecified atom stereocenters. The van der Waals surface area contributed by atoms with Crippen molar-refractivity contribution in [3.8, 4) is 11.5 Å². The Morgan fingerprint density at radius 3 is 2.20 bits per heavy atom. The van der Waals surface area contributed by atoms with E-state index in [0.717, 1.165) is 37.5 Å². The second-order valence-corrected chi connectivity index (χ2v) is 7.39. The van der Waals surface area contributed by atoms with Crippen LogP contribution in [-0.4, -0.2) is 50.7 Å². The number of hydrogen-bond acceptors (Lipinski definition) is 5. The Bertz CT molecular complexity index is 761. The number of anilines is 1. The molecule has 0 amide bonds. The van der Waals surface area contributed by atoms with E-state index in [2.05, 4.69) is 32.4 Å². The number of benzene rings is 2. The van der Waals surface area contributed by atoms with Crippen molar-refractivity contribution in [2.45, 2.75) is 31.7 Å². The summed E-state index contributed by atoms with van der Waals surface area (Å²) >= 11 is 0. The van der Waals surface area contributed by atoms with Gasteiger partial charge in [0.2, 0.25) is 0 Å². The molecule has 3 rings (SSSR count). The largest absolute Gasteiger partial charge is 0.573 e. The highest BCUT2D eigenvalue weighted by molar-refractivity contribution is 5.46. The van der Waals surface area contributed by atoms with Crippen LogP contribution >= 0.6 is 0 Å². The van der Waals surface area contributed by atoms with Gasteiger partial charge in [-0.3, -0.25) is 5.32 Å². The van der Waals surface area contributed by atoms with Crippen LogP contribution in [0.1, 0.15) is 18.4 Å². The highest BCUT2D eigenvalue weighted by Gasteiger charge is 2.30. The minimum Gasteiger partial charge on any atom is -0.497 e. The first-order valence-electron chi connectivity index (χ1n) is 10.1. The molecule has 2 aromatic rings. The molecule has 5 nitrogen and oxygen atoms in total. The van der Waals surface area contributed by atoms with Crippen molar-refractivity contribution < 1.29 is 22.6 Å². The molecule has 0 radical (unpaired) electrons. The lowest BCUT2D eigenvalue weighted by Gasteiger charge is -2.25. The summed E-state index contributed by atoms with van der Waals surface area (Å²) in [5, 5.41) is 6.74. The first-order valence-corrected chi connectivity index (χ1v) is 10.1. The summed E-state index contributed by atoms with van der Waals surface area (Å²) < 4.78 is 45.9. The van der Waals surface area contributed by atoms with Crippen LogP contribution in [0.15, 0.2) is 48.5 Å². The number of likely N-dealkylation sites (tertiary alicyclic amines) is 1. The van der Waals surface area contributed by atoms with Crippen LogP contribution in [0.2, 0.25) is 0 Å². The van der Waals surface area contributed by atoms with Gasteiger partial charge >= 0.3 is 6.36 Å². The number of rotatable bonds is 10. The van der Waals surface area contributed by atoms with Gasteiger partial charge in [-0.05, 0) is 74.3 Å². The van der Waals surface area contributed by atoms with E-state index in [1.165, 1.54) is 30.5 Å². The summed E-state index contributed by atoms with van der Waals surface area (Å²) in [6.45, 7) is 3.70. The standard InChI is InChI=1S/C22H28F3N3O2/c1-29-20-8-4-17(5-9-20)14-19(15-28-12-2-3-13-28)27-16-26-18-6-10-21(11-7-18)30-22(23,24)25/h4-11,19,26-27H,2-3,12-16H2,1H3/t19-/m0/s1. The van der Waals surface area contributed by atoms with Crippen LogP contribution in [-0.2, 0) is 6.42 Å². The van der Waals surface area contributed by atoms with E-state index in [1.807, 2.05) is 12.1 Å². The van der Waals surface area contributed by atoms with E-state index in [0.29, 0.717) is 6.67 Å². The summed E-state index contributed by atoms with van der Waals surface area (Å²) in [6, 6.07) is 14.1. The van der Waals surface area contributed by atoms with Crippen LogP contribution < -0.4 is 20.1 Å². The van der Waals surface area contributed by atoms with Gasteiger partial charge in [0, 0.05) is 18.3 Å². The highest BCUT2D eigenvalue weighted by Crippen LogP contribution is 2.24. The zero-order chi connectivity index (χ0) is 21.4. The molecule has 1 aliphatic rings. The second-order valence-electron chi connectivity index (χ2n) is 7.39. The number of hydrogen-bond donors (Lipinski definition) is 2. The predicted octanol–water partition coefficient (Wildman–Crippen LogP) is 4.26. The molecule has 1 aliphatic heterocycles. The van der Waals surface area contributed by atoms with Crippen LogP contribution in [0.5, 0.6) is 11.5 Å². The minimum absolute atomic E-state index is 0.229. The summed E-state index contributed by atoms with van der Waals surface area (Å²) in [4.78, 5) is 2.46. The maximum Gasteiger partial charge on any atom is 0.573 e. The Kier molecular flexibility index (Phi) is 7.81. The SMILES string of the molecule is COc1ccc(C[C@@H](CN2CCCC2)NCNc2ccc(OC(F)(F)F)cc2)cc1. The van der Waals surface area contributed by atoms with Crippen molar-refractivity contribution in [2.24, 2.45) is 0 Å². The molecule has 0 spiro atoms. The van der Waals surface area contributed by atoms with Gasteiger partial charge in [-0.15, -0.1) is 13.2 Å². The minimum atomic E-state index is -4.68. The lowest BCUT2D eigenvalue weighted by Crippen LogP contribution is -2.43. The molecule has 2 N–H and O–H groups in total. The van der Waals surface area contributed by atoms with Crippen LogP contribution in [0.4, 0.5) is 18.9 Å². The van der Waals surface area contributed by atoms with Crippen molar-refractivity contribution in [1.29, 1.82) is 0 Å². The molecular formula is C22H28F3N3O2. The van der Waals surface area contributed by atoms with Crippen molar-refractivity contribution in [3.63, 3.8) is 0 Å². The van der Waals surface area contributed by atoms with Gasteiger partial charge in [0.05, 0.1) is 13.8 Å². The molecule has 164 valence electrons. The lowest BCUT2D eigenvalue weighted by atomic mass is 10.1. The molecule has 0 saturated carbocycles. The van der Waals surface area contributed by atoms with Crippen LogP contribution in [0, 0.1) is 0 Å². The Balaban J connectivity index is 1.53. The zero-order valence-corrected chi connectivity index (χ0v) is 17.0. The lowest BCUT2D eigenvalue weighted by molar-refractivity contribution is -0.274. The Labute approximate surface area is 175 Å². The predicted molar refractivity (Wildman–Crippen MR) is 111 cm³/mol. The Morgan fingerprint density at radius 1 is 0.967 bits per heavy atom. The quantitative estimate of drug-likeness (QED) is 0.559. The van der Waals surface area contributed by atoms with Gasteiger partial charge in [0.1, 0.15) is 11.5 Å². The van der Waals surface area contributed by atoms with Crippen molar-refractivity contribution in [1.82, 2.24) is 10.2 Å². The molecule has 2 aromatic carbocycles. The fraction of sp³-hybridized carbons (Fsp3) is 0.455. The van der Waals surface area contributed by atoms with E-state index in [1.54, 1.807) is 19.2 Å². The summed E-state index contributed by atoms with van der Waals surface area (Å²) in [5.41, 5.74) is 1.95. The Hall–Kier alpha value is -2.45. The van der Waals surface area contributed by atoms with Gasteiger partial charge in [0.15, 0.2) is 0 Å². The molecule has 0 aliphatic carbocycles. The first-order chi connectivity index (χ1) is 14.4. The third-order valence-electron chi connectivity index (χ3n) is 5.09. The molecule has 1 fully saturated rings. The number of nitrogens with one attached hydrogen (secondary N) is 2. The van der Waals surface area contributed by atoms with Crippen molar-refractivity contribution >= 4 is 5.69 Å². The summed E-state index contributed by atoms with van der Waals surface area (Å²) in [5.74, 6) is 0.606. The van der Waals surface area contributed by atoms with Gasteiger partial charge in [-0.1, -0.05) is 12.1 Å². The van der Waals surface area contributed by atoms with E-state index >= 15 is 0 Å². The fourth-order valence-electron chi connectivity index (χ4n) is 3.60. The molecule has 8 heteroatoms. The number of alkyl halides is 3. The maximum absolute atomic E-state index is 12.3. The average Bonchev–Trinajstić information content (AvgIpc) is 3.22. The third-order valence-corrected chi connectivity index (χ3v) is 5.09. The zero-order valence-electron chi connectivity index (χ0n) is 17.0. The summed E-state index contributed by atoms with van der Waals surface area (Å²) in [6.07, 6.45) is -1.33. The number of nitrogens with zero attached hydrogens (tertiary/aromatic N) is 1. The topological polar surface area (TPSA) is 45.8 Å². The molecule has 30 heavy (non-hydrogen) atoms. The van der Waals surface area contributed by atoms with Crippen LogP contribution in [0.3, 0.4) is 0 Å². The second kappa shape index (κ2) is 10.5. The Morgan fingerprint density at radius 2 is 1.60 bits per heavy atom. The van der Waals surface area contributed by atoms with E-state index in [4.69, 9.17) is 4.74 Å². The summed E-state index contributed by atoms with van der Waals surface area (Å²) in [7, 11) is 1.65. The number of ether oxygens (including phenoxy) is 2. The van der Waals surface area contributed by atoms with Crippen molar-refractivity contribution in [3.05, 3.63) is 54.1 Å². The smallest absolute Gasteiger partial charge is 0.497 e. The molecule has 0 bridgehead atoms. The molecule has 1 heterocycles. The maximum atomic E-state index is 12.3. The number of methoxy groups -OCH3 is 1. The first kappa shape index (κ1) is 22.2. The number of halogens is 3. The average molecular weight is 423 g/mol. The third kappa shape index (κ3) is 7.42. The molecule has 1 saturated heterocycles. The highest BCUT2D eigenvalue weighted by atomic mass is 19.4. The van der Waals surface area contributed by atoms with Gasteiger partial charge in [0.25, 0.3) is 0 Å². The molecule has 1 atom stereocenters. The van der Waals surface area contributed by atoms with Gasteiger partial charge in [-0.25, -0.2) is 0 Å². The van der Waals surface area contributed by atoms with Crippen LogP contribution in [0.25, 0.3) is 0 Å². The van der Waals surface area contributed by atoms with E-state index < -0.39 is 6.36 Å². The normalized spacial score (nSPS) is 15.7. The molecular weight excluding hydrogens is 395 g/mol. The van der Waals surface area contributed by atoms with Gasteiger partial charge in [-0.2, -0.15) is 0 Å². The molecule has 0 aromatic heterocycles. The van der Waals surface area contributed by atoms with Crippen molar-refractivity contribution in [2.75, 3.05) is 38.7 Å². The van der Waals surface area contributed by atoms with E-state index in [-0.39, 0.29) is 11.8 Å². The van der Waals surface area contributed by atoms with Gasteiger partial charge < -0.3 is 19.7 Å². The monoisotopic (exact) mass is 423 g/mol. The van der Waals surface area contributed by atoms with E-state index in [9.17, 15) is 13.2 Å². The fourth-order valence-corrected chi connectivity index (χ4v) is 3.60.